The lowest BCUT2D eigenvalue weighted by Crippen LogP contribution is -2.47. The lowest BCUT2D eigenvalue weighted by molar-refractivity contribution is -0.130. The van der Waals surface area contributed by atoms with Gasteiger partial charge in [-0.3, -0.25) is 4.79 Å². The first-order valence-corrected chi connectivity index (χ1v) is 7.77. The molecule has 1 aliphatic rings. The van der Waals surface area contributed by atoms with Crippen molar-refractivity contribution in [1.29, 1.82) is 0 Å². The summed E-state index contributed by atoms with van der Waals surface area (Å²) in [5.74, 6) is 0.103. The van der Waals surface area contributed by atoms with Gasteiger partial charge in [-0.05, 0) is 24.0 Å². The van der Waals surface area contributed by atoms with Crippen LogP contribution in [0.2, 0.25) is 0 Å². The molecule has 0 spiro atoms. The van der Waals surface area contributed by atoms with Gasteiger partial charge in [0.2, 0.25) is 5.91 Å². The maximum Gasteiger partial charge on any atom is 0.231 e. The molecule has 0 aromatic heterocycles. The minimum absolute atomic E-state index is 0.103. The van der Waals surface area contributed by atoms with E-state index in [1.165, 1.54) is 0 Å². The van der Waals surface area contributed by atoms with E-state index in [0.717, 1.165) is 24.0 Å². The number of ether oxygens (including phenoxy) is 1. The van der Waals surface area contributed by atoms with Gasteiger partial charge in [0.15, 0.2) is 0 Å². The average molecular weight is 295 g/mol. The van der Waals surface area contributed by atoms with Gasteiger partial charge in [-0.1, -0.05) is 60.7 Å². The molecule has 3 nitrogen and oxygen atoms in total. The van der Waals surface area contributed by atoms with E-state index in [-0.39, 0.29) is 5.91 Å². The van der Waals surface area contributed by atoms with Crippen LogP contribution in [0.4, 0.5) is 0 Å². The largest absolute Gasteiger partial charge is 0.381 e. The molecule has 1 fully saturated rings. The van der Waals surface area contributed by atoms with Crippen LogP contribution in [0.15, 0.2) is 60.7 Å². The Morgan fingerprint density at radius 2 is 1.55 bits per heavy atom. The number of amides is 1. The Bertz CT molecular complexity index is 604. The predicted octanol–water partition coefficient (Wildman–Crippen LogP) is 3.05. The van der Waals surface area contributed by atoms with E-state index in [4.69, 9.17) is 4.74 Å². The Hall–Kier alpha value is -2.13. The highest BCUT2D eigenvalue weighted by molar-refractivity contribution is 5.88. The predicted molar refractivity (Wildman–Crippen MR) is 86.5 cm³/mol. The van der Waals surface area contributed by atoms with Gasteiger partial charge < -0.3 is 10.1 Å². The highest BCUT2D eigenvalue weighted by atomic mass is 16.5. The van der Waals surface area contributed by atoms with Gasteiger partial charge in [-0.2, -0.15) is 0 Å². The molecule has 0 unspecified atom stereocenters. The fourth-order valence-electron chi connectivity index (χ4n) is 3.07. The van der Waals surface area contributed by atoms with Gasteiger partial charge in [0.25, 0.3) is 0 Å². The maximum atomic E-state index is 12.9. The smallest absolute Gasteiger partial charge is 0.231 e. The number of nitrogens with one attached hydrogen (secondary N) is 1. The van der Waals surface area contributed by atoms with Gasteiger partial charge in [-0.25, -0.2) is 0 Å². The summed E-state index contributed by atoms with van der Waals surface area (Å²) >= 11 is 0. The van der Waals surface area contributed by atoms with Crippen LogP contribution < -0.4 is 5.32 Å². The van der Waals surface area contributed by atoms with E-state index >= 15 is 0 Å². The quantitative estimate of drug-likeness (QED) is 0.941. The molecule has 0 bridgehead atoms. The van der Waals surface area contributed by atoms with Crippen molar-refractivity contribution < 1.29 is 9.53 Å². The lowest BCUT2D eigenvalue weighted by atomic mass is 9.73. The van der Waals surface area contributed by atoms with Crippen LogP contribution in [0.3, 0.4) is 0 Å². The van der Waals surface area contributed by atoms with Gasteiger partial charge in [0, 0.05) is 19.8 Å². The molecule has 1 saturated heterocycles. The van der Waals surface area contributed by atoms with Crippen molar-refractivity contribution in [2.75, 3.05) is 13.2 Å². The molecule has 22 heavy (non-hydrogen) atoms. The van der Waals surface area contributed by atoms with Crippen molar-refractivity contribution in [1.82, 2.24) is 5.32 Å². The minimum atomic E-state index is -0.464. The van der Waals surface area contributed by atoms with Crippen LogP contribution in [0.1, 0.15) is 24.0 Å². The van der Waals surface area contributed by atoms with Crippen LogP contribution in [-0.2, 0) is 21.5 Å². The second kappa shape index (κ2) is 6.75. The van der Waals surface area contributed by atoms with E-state index in [9.17, 15) is 4.79 Å². The summed E-state index contributed by atoms with van der Waals surface area (Å²) in [5.41, 5.74) is 1.74. The number of carbonyl (C=O) groups is 1. The zero-order valence-electron chi connectivity index (χ0n) is 12.6. The van der Waals surface area contributed by atoms with Gasteiger partial charge >= 0.3 is 0 Å². The SMILES string of the molecule is O=C(NCc1ccccc1)C1(c2ccccc2)CCOCC1. The third-order valence-corrected chi connectivity index (χ3v) is 4.40. The topological polar surface area (TPSA) is 38.3 Å². The summed E-state index contributed by atoms with van der Waals surface area (Å²) in [6.07, 6.45) is 1.47. The number of rotatable bonds is 4. The van der Waals surface area contributed by atoms with Crippen molar-refractivity contribution in [3.63, 3.8) is 0 Å². The van der Waals surface area contributed by atoms with Crippen molar-refractivity contribution in [3.8, 4) is 0 Å². The van der Waals surface area contributed by atoms with E-state index < -0.39 is 5.41 Å². The fraction of sp³-hybridized carbons (Fsp3) is 0.316. The van der Waals surface area contributed by atoms with Crippen LogP contribution >= 0.6 is 0 Å². The molecule has 2 aromatic rings. The zero-order chi connectivity index (χ0) is 15.3. The molecule has 0 atom stereocenters. The Labute approximate surface area is 131 Å². The fourth-order valence-corrected chi connectivity index (χ4v) is 3.07. The molecule has 3 rings (SSSR count). The van der Waals surface area contributed by atoms with Gasteiger partial charge in [0.1, 0.15) is 0 Å². The van der Waals surface area contributed by atoms with Gasteiger partial charge in [-0.15, -0.1) is 0 Å². The second-order valence-electron chi connectivity index (χ2n) is 5.73. The molecule has 2 aromatic carbocycles. The van der Waals surface area contributed by atoms with E-state index in [1.807, 2.05) is 60.7 Å². The first kappa shape index (κ1) is 14.8. The summed E-state index contributed by atoms with van der Waals surface area (Å²) in [6, 6.07) is 20.1. The molecular formula is C19H21NO2. The van der Waals surface area contributed by atoms with Gasteiger partial charge in [0.05, 0.1) is 5.41 Å². The molecule has 3 heteroatoms. The van der Waals surface area contributed by atoms with Crippen LogP contribution in [0, 0.1) is 0 Å². The zero-order valence-corrected chi connectivity index (χ0v) is 12.6. The molecule has 0 aliphatic carbocycles. The Morgan fingerprint density at radius 3 is 2.18 bits per heavy atom. The molecule has 1 amide bonds. The Morgan fingerprint density at radius 1 is 0.955 bits per heavy atom. The van der Waals surface area contributed by atoms with E-state index in [0.29, 0.717) is 19.8 Å². The molecule has 1 aliphatic heterocycles. The number of benzene rings is 2. The monoisotopic (exact) mass is 295 g/mol. The molecule has 114 valence electrons. The van der Waals surface area contributed by atoms with Crippen molar-refractivity contribution >= 4 is 5.91 Å². The standard InChI is InChI=1S/C19H21NO2/c21-18(20-15-16-7-3-1-4-8-16)19(11-13-22-14-12-19)17-9-5-2-6-10-17/h1-10H,11-15H2,(H,20,21). The van der Waals surface area contributed by atoms with Crippen molar-refractivity contribution in [3.05, 3.63) is 71.8 Å². The minimum Gasteiger partial charge on any atom is -0.381 e. The van der Waals surface area contributed by atoms with Crippen LogP contribution in [-0.4, -0.2) is 19.1 Å². The van der Waals surface area contributed by atoms with Crippen molar-refractivity contribution in [2.45, 2.75) is 24.8 Å². The summed E-state index contributed by atoms with van der Waals surface area (Å²) in [7, 11) is 0. The van der Waals surface area contributed by atoms with E-state index in [1.54, 1.807) is 0 Å². The van der Waals surface area contributed by atoms with Crippen molar-refractivity contribution in [2.24, 2.45) is 0 Å². The Kier molecular flexibility index (Phi) is 4.54. The molecule has 0 saturated carbocycles. The summed E-state index contributed by atoms with van der Waals surface area (Å²) in [4.78, 5) is 12.9. The maximum absolute atomic E-state index is 12.9. The Balaban J connectivity index is 1.79. The highest BCUT2D eigenvalue weighted by Gasteiger charge is 2.41. The third-order valence-electron chi connectivity index (χ3n) is 4.40. The molecular weight excluding hydrogens is 274 g/mol. The van der Waals surface area contributed by atoms with E-state index in [2.05, 4.69) is 5.32 Å². The van der Waals surface area contributed by atoms with Crippen LogP contribution in [0.5, 0.6) is 0 Å². The third kappa shape index (κ3) is 3.04. The first-order valence-electron chi connectivity index (χ1n) is 7.77. The molecule has 1 heterocycles. The lowest BCUT2D eigenvalue weighted by Gasteiger charge is -2.36. The molecule has 1 N–H and O–H groups in total. The number of hydrogen-bond acceptors (Lipinski definition) is 2. The number of carbonyl (C=O) groups excluding carboxylic acids is 1. The normalized spacial score (nSPS) is 16.9. The average Bonchev–Trinajstić information content (AvgIpc) is 2.62. The summed E-state index contributed by atoms with van der Waals surface area (Å²) in [5, 5.41) is 3.11. The van der Waals surface area contributed by atoms with Crippen LogP contribution in [0.25, 0.3) is 0 Å². The summed E-state index contributed by atoms with van der Waals surface area (Å²) in [6.45, 7) is 1.83. The second-order valence-corrected chi connectivity index (χ2v) is 5.73. The number of hydrogen-bond donors (Lipinski definition) is 1. The summed E-state index contributed by atoms with van der Waals surface area (Å²) < 4.78 is 5.48. The first-order chi connectivity index (χ1) is 10.8. The molecule has 0 radical (unpaired) electrons. The highest BCUT2D eigenvalue weighted by Crippen LogP contribution is 2.35.